The largest absolute Gasteiger partial charge is 0.490 e. The Hall–Kier alpha value is -2.36. The molecular formula is C16H17FN2O. The molecule has 0 unspecified atom stereocenters. The fourth-order valence-electron chi connectivity index (χ4n) is 1.65. The van der Waals surface area contributed by atoms with Gasteiger partial charge in [-0.15, -0.1) is 0 Å². The maximum atomic E-state index is 12.8. The topological polar surface area (TPSA) is 33.6 Å². The number of ether oxygens (including phenoxy) is 1. The lowest BCUT2D eigenvalue weighted by molar-refractivity contribution is 0.242. The van der Waals surface area contributed by atoms with E-state index in [1.807, 2.05) is 38.1 Å². The summed E-state index contributed by atoms with van der Waals surface area (Å²) in [6.45, 7) is 3.95. The van der Waals surface area contributed by atoms with Gasteiger partial charge in [-0.25, -0.2) is 4.39 Å². The lowest BCUT2D eigenvalue weighted by Gasteiger charge is -2.11. The highest BCUT2D eigenvalue weighted by molar-refractivity contribution is 5.84. The van der Waals surface area contributed by atoms with Crippen LogP contribution in [0.5, 0.6) is 5.75 Å². The molecule has 20 heavy (non-hydrogen) atoms. The Labute approximate surface area is 118 Å². The number of halogens is 1. The maximum absolute atomic E-state index is 12.8. The van der Waals surface area contributed by atoms with Gasteiger partial charge in [-0.3, -0.25) is 5.43 Å². The van der Waals surface area contributed by atoms with E-state index in [9.17, 15) is 4.39 Å². The van der Waals surface area contributed by atoms with Gasteiger partial charge < -0.3 is 4.74 Å². The molecule has 0 spiro atoms. The molecule has 3 nitrogen and oxygen atoms in total. The van der Waals surface area contributed by atoms with Gasteiger partial charge >= 0.3 is 0 Å². The van der Waals surface area contributed by atoms with Crippen molar-refractivity contribution in [3.63, 3.8) is 0 Å². The van der Waals surface area contributed by atoms with Crippen LogP contribution in [-0.2, 0) is 0 Å². The van der Waals surface area contributed by atoms with Crippen molar-refractivity contribution in [1.82, 2.24) is 0 Å². The summed E-state index contributed by atoms with van der Waals surface area (Å²) in [7, 11) is 0. The average Bonchev–Trinajstić information content (AvgIpc) is 2.42. The van der Waals surface area contributed by atoms with E-state index in [-0.39, 0.29) is 11.9 Å². The van der Waals surface area contributed by atoms with Crippen molar-refractivity contribution in [1.29, 1.82) is 0 Å². The average molecular weight is 272 g/mol. The van der Waals surface area contributed by atoms with Crippen molar-refractivity contribution >= 4 is 11.9 Å². The molecule has 2 aromatic rings. The number of rotatable bonds is 5. The van der Waals surface area contributed by atoms with Crippen LogP contribution in [0.15, 0.2) is 53.6 Å². The fourth-order valence-corrected chi connectivity index (χ4v) is 1.65. The van der Waals surface area contributed by atoms with Crippen LogP contribution < -0.4 is 10.2 Å². The summed E-state index contributed by atoms with van der Waals surface area (Å²) in [6, 6.07) is 13.7. The minimum Gasteiger partial charge on any atom is -0.490 e. The Bertz CT molecular complexity index is 579. The van der Waals surface area contributed by atoms with Gasteiger partial charge in [-0.1, -0.05) is 12.1 Å². The molecule has 0 aliphatic rings. The van der Waals surface area contributed by atoms with Crippen molar-refractivity contribution in [3.8, 4) is 5.75 Å². The number of hydrogen-bond donors (Lipinski definition) is 1. The monoisotopic (exact) mass is 272 g/mol. The number of para-hydroxylation sites is 1. The molecule has 0 fully saturated rings. The first-order chi connectivity index (χ1) is 9.65. The minimum absolute atomic E-state index is 0.106. The molecule has 0 bridgehead atoms. The first-order valence-electron chi connectivity index (χ1n) is 6.45. The number of benzene rings is 2. The van der Waals surface area contributed by atoms with Crippen LogP contribution in [0.1, 0.15) is 19.4 Å². The summed E-state index contributed by atoms with van der Waals surface area (Å²) >= 11 is 0. The highest BCUT2D eigenvalue weighted by Gasteiger charge is 2.02. The molecule has 0 atom stereocenters. The van der Waals surface area contributed by atoms with Crippen LogP contribution in [-0.4, -0.2) is 12.3 Å². The van der Waals surface area contributed by atoms with Gasteiger partial charge in [-0.05, 0) is 50.2 Å². The standard InChI is InChI=1S/C16H17FN2O/c1-12(2)20-16-6-4-3-5-13(16)11-18-19-15-9-7-14(17)8-10-15/h3-12,19H,1-2H3. The first-order valence-corrected chi connectivity index (χ1v) is 6.45. The maximum Gasteiger partial charge on any atom is 0.128 e. The Morgan fingerprint density at radius 3 is 2.50 bits per heavy atom. The van der Waals surface area contributed by atoms with Crippen LogP contribution in [0.2, 0.25) is 0 Å². The van der Waals surface area contributed by atoms with E-state index in [0.29, 0.717) is 0 Å². The van der Waals surface area contributed by atoms with Crippen LogP contribution in [0.25, 0.3) is 0 Å². The molecule has 0 aromatic heterocycles. The molecule has 0 radical (unpaired) electrons. The summed E-state index contributed by atoms with van der Waals surface area (Å²) in [6.07, 6.45) is 1.79. The summed E-state index contributed by atoms with van der Waals surface area (Å²) in [5, 5.41) is 4.13. The van der Waals surface area contributed by atoms with Crippen LogP contribution in [0.4, 0.5) is 10.1 Å². The predicted molar refractivity (Wildman–Crippen MR) is 79.8 cm³/mol. The van der Waals surface area contributed by atoms with Crippen LogP contribution in [0.3, 0.4) is 0 Å². The van der Waals surface area contributed by atoms with Crippen LogP contribution >= 0.6 is 0 Å². The number of anilines is 1. The van der Waals surface area contributed by atoms with Gasteiger partial charge in [0.25, 0.3) is 0 Å². The second kappa shape index (κ2) is 6.70. The summed E-state index contributed by atoms with van der Waals surface area (Å²) in [4.78, 5) is 0. The minimum atomic E-state index is -0.268. The van der Waals surface area contributed by atoms with Gasteiger partial charge in [-0.2, -0.15) is 5.10 Å². The second-order valence-corrected chi connectivity index (χ2v) is 4.58. The van der Waals surface area contributed by atoms with Gasteiger partial charge in [0.2, 0.25) is 0 Å². The number of hydrogen-bond acceptors (Lipinski definition) is 3. The SMILES string of the molecule is CC(C)Oc1ccccc1C=NNc1ccc(F)cc1. The summed E-state index contributed by atoms with van der Waals surface area (Å²) < 4.78 is 18.5. The van der Waals surface area contributed by atoms with E-state index in [4.69, 9.17) is 4.74 Å². The predicted octanol–water partition coefficient (Wildman–Crippen LogP) is 4.06. The zero-order valence-electron chi connectivity index (χ0n) is 11.5. The molecule has 0 amide bonds. The lowest BCUT2D eigenvalue weighted by atomic mass is 10.2. The molecule has 2 rings (SSSR count). The van der Waals surface area contributed by atoms with E-state index in [2.05, 4.69) is 10.5 Å². The van der Waals surface area contributed by atoms with E-state index >= 15 is 0 Å². The Morgan fingerprint density at radius 2 is 1.80 bits per heavy atom. The molecule has 2 aromatic carbocycles. The highest BCUT2D eigenvalue weighted by Crippen LogP contribution is 2.17. The molecule has 0 aliphatic carbocycles. The Kier molecular flexibility index (Phi) is 4.71. The zero-order chi connectivity index (χ0) is 14.4. The molecular weight excluding hydrogens is 255 g/mol. The Morgan fingerprint density at radius 1 is 1.10 bits per heavy atom. The van der Waals surface area contributed by atoms with Crippen molar-refractivity contribution in [3.05, 3.63) is 59.9 Å². The molecule has 0 heterocycles. The fraction of sp³-hybridized carbons (Fsp3) is 0.188. The van der Waals surface area contributed by atoms with E-state index in [1.165, 1.54) is 12.1 Å². The summed E-state index contributed by atoms with van der Waals surface area (Å²) in [5.74, 6) is 0.516. The van der Waals surface area contributed by atoms with Gasteiger partial charge in [0.1, 0.15) is 11.6 Å². The molecule has 4 heteroatoms. The normalized spacial score (nSPS) is 11.0. The van der Waals surface area contributed by atoms with Crippen molar-refractivity contribution in [2.45, 2.75) is 20.0 Å². The van der Waals surface area contributed by atoms with Crippen molar-refractivity contribution < 1.29 is 9.13 Å². The molecule has 1 N–H and O–H groups in total. The van der Waals surface area contributed by atoms with Gasteiger partial charge in [0.05, 0.1) is 18.0 Å². The number of nitrogens with zero attached hydrogens (tertiary/aromatic N) is 1. The number of nitrogens with one attached hydrogen (secondary N) is 1. The van der Waals surface area contributed by atoms with Gasteiger partial charge in [0.15, 0.2) is 0 Å². The Balaban J connectivity index is 2.05. The smallest absolute Gasteiger partial charge is 0.128 e. The third kappa shape index (κ3) is 4.09. The van der Waals surface area contributed by atoms with Crippen molar-refractivity contribution in [2.24, 2.45) is 5.10 Å². The quantitative estimate of drug-likeness (QED) is 0.658. The molecule has 0 saturated heterocycles. The van der Waals surface area contributed by atoms with Crippen molar-refractivity contribution in [2.75, 3.05) is 5.43 Å². The van der Waals surface area contributed by atoms with Crippen LogP contribution in [0, 0.1) is 5.82 Å². The third-order valence-electron chi connectivity index (χ3n) is 2.52. The first kappa shape index (κ1) is 14.1. The summed E-state index contributed by atoms with van der Waals surface area (Å²) in [5.41, 5.74) is 4.46. The lowest BCUT2D eigenvalue weighted by Crippen LogP contribution is -2.07. The highest BCUT2D eigenvalue weighted by atomic mass is 19.1. The zero-order valence-corrected chi connectivity index (χ0v) is 11.5. The van der Waals surface area contributed by atoms with E-state index in [0.717, 1.165) is 17.0 Å². The van der Waals surface area contributed by atoms with E-state index < -0.39 is 0 Å². The third-order valence-corrected chi connectivity index (χ3v) is 2.52. The molecule has 104 valence electrons. The number of hydrazone groups is 1. The molecule has 0 saturated carbocycles. The molecule has 0 aliphatic heterocycles. The van der Waals surface area contributed by atoms with Gasteiger partial charge in [0, 0.05) is 5.56 Å². The second-order valence-electron chi connectivity index (χ2n) is 4.58. The van der Waals surface area contributed by atoms with E-state index in [1.54, 1.807) is 18.3 Å².